The molecule has 5 nitrogen and oxygen atoms in total. The topological polar surface area (TPSA) is 52.7 Å². The number of piperazine rings is 1. The Kier molecular flexibility index (Phi) is 8.31. The highest BCUT2D eigenvalue weighted by atomic mass is 32.2. The van der Waals surface area contributed by atoms with Gasteiger partial charge < -0.3 is 10.2 Å². The highest BCUT2D eigenvalue weighted by molar-refractivity contribution is 8.00. The summed E-state index contributed by atoms with van der Waals surface area (Å²) in [7, 11) is 0. The lowest BCUT2D eigenvalue weighted by Gasteiger charge is -2.34. The highest BCUT2D eigenvalue weighted by Crippen LogP contribution is 2.22. The largest absolute Gasteiger partial charge is 0.355 e. The lowest BCUT2D eigenvalue weighted by Crippen LogP contribution is -2.51. The Morgan fingerprint density at radius 1 is 1.19 bits per heavy atom. The molecule has 1 saturated heterocycles. The van der Waals surface area contributed by atoms with Crippen molar-refractivity contribution < 1.29 is 18.4 Å². The minimum absolute atomic E-state index is 0.0144. The second-order valence-electron chi connectivity index (χ2n) is 6.22. The van der Waals surface area contributed by atoms with Crippen LogP contribution in [0.1, 0.15) is 19.8 Å². The van der Waals surface area contributed by atoms with Gasteiger partial charge in [0.15, 0.2) is 0 Å². The standard InChI is InChI=1S/C18H25F2N3O2S/c1-2-3-6-21-17(24)12-22-7-9-23(10-8-22)18(25)13-26-16-5-4-14(19)11-15(16)20/h4-5,11H,2-3,6-10,12-13H2,1H3,(H,21,24). The van der Waals surface area contributed by atoms with Gasteiger partial charge >= 0.3 is 0 Å². The molecule has 0 aromatic heterocycles. The van der Waals surface area contributed by atoms with Crippen LogP contribution < -0.4 is 5.32 Å². The Morgan fingerprint density at radius 2 is 1.92 bits per heavy atom. The van der Waals surface area contributed by atoms with Crippen molar-refractivity contribution in [3.8, 4) is 0 Å². The number of rotatable bonds is 8. The van der Waals surface area contributed by atoms with Crippen molar-refractivity contribution in [1.29, 1.82) is 0 Å². The van der Waals surface area contributed by atoms with Gasteiger partial charge in [0.05, 0.1) is 12.3 Å². The first-order chi connectivity index (χ1) is 12.5. The van der Waals surface area contributed by atoms with Gasteiger partial charge in [0.1, 0.15) is 11.6 Å². The molecule has 2 rings (SSSR count). The van der Waals surface area contributed by atoms with Crippen LogP contribution in [0.15, 0.2) is 23.1 Å². The maximum Gasteiger partial charge on any atom is 0.234 e. The molecule has 0 unspecified atom stereocenters. The maximum absolute atomic E-state index is 13.6. The molecule has 1 aromatic carbocycles. The van der Waals surface area contributed by atoms with Crippen molar-refractivity contribution in [3.63, 3.8) is 0 Å². The van der Waals surface area contributed by atoms with E-state index in [0.29, 0.717) is 39.3 Å². The third-order valence-electron chi connectivity index (χ3n) is 4.19. The summed E-state index contributed by atoms with van der Waals surface area (Å²) in [5.41, 5.74) is 0. The molecule has 1 aliphatic rings. The fourth-order valence-corrected chi connectivity index (χ4v) is 3.46. The molecule has 0 aliphatic carbocycles. The Balaban J connectivity index is 1.70. The molecule has 2 amide bonds. The molecule has 8 heteroatoms. The Labute approximate surface area is 157 Å². The Morgan fingerprint density at radius 3 is 2.58 bits per heavy atom. The number of nitrogens with zero attached hydrogens (tertiary/aromatic N) is 2. The van der Waals surface area contributed by atoms with Crippen LogP contribution in [0.25, 0.3) is 0 Å². The average molecular weight is 385 g/mol. The first-order valence-corrected chi connectivity index (χ1v) is 9.83. The maximum atomic E-state index is 13.6. The van der Waals surface area contributed by atoms with Crippen LogP contribution >= 0.6 is 11.8 Å². The first kappa shape index (κ1) is 20.6. The number of hydrogen-bond donors (Lipinski definition) is 1. The summed E-state index contributed by atoms with van der Waals surface area (Å²) in [6, 6.07) is 3.34. The molecule has 26 heavy (non-hydrogen) atoms. The predicted molar refractivity (Wildman–Crippen MR) is 98.0 cm³/mol. The zero-order valence-corrected chi connectivity index (χ0v) is 15.8. The summed E-state index contributed by atoms with van der Waals surface area (Å²) < 4.78 is 26.5. The van der Waals surface area contributed by atoms with E-state index in [0.717, 1.165) is 30.7 Å². The van der Waals surface area contributed by atoms with E-state index in [9.17, 15) is 18.4 Å². The third-order valence-corrected chi connectivity index (χ3v) is 5.22. The van der Waals surface area contributed by atoms with Crippen LogP contribution in [0.5, 0.6) is 0 Å². The van der Waals surface area contributed by atoms with Gasteiger partial charge in [0, 0.05) is 43.7 Å². The molecule has 144 valence electrons. The smallest absolute Gasteiger partial charge is 0.234 e. The molecule has 0 saturated carbocycles. The molecule has 1 aromatic rings. The molecule has 0 radical (unpaired) electrons. The lowest BCUT2D eigenvalue weighted by atomic mass is 10.3. The van der Waals surface area contributed by atoms with Crippen LogP contribution in [0.4, 0.5) is 8.78 Å². The van der Waals surface area contributed by atoms with Gasteiger partial charge in [-0.3, -0.25) is 14.5 Å². The summed E-state index contributed by atoms with van der Waals surface area (Å²) in [4.78, 5) is 28.1. The fraction of sp³-hybridized carbons (Fsp3) is 0.556. The molecule has 1 heterocycles. The molecule has 0 spiro atoms. The van der Waals surface area contributed by atoms with Gasteiger partial charge in [0.2, 0.25) is 11.8 Å². The normalized spacial score (nSPS) is 15.1. The van der Waals surface area contributed by atoms with Crippen molar-refractivity contribution in [3.05, 3.63) is 29.8 Å². The Hall–Kier alpha value is -1.67. The van der Waals surface area contributed by atoms with Gasteiger partial charge in [0.25, 0.3) is 0 Å². The van der Waals surface area contributed by atoms with Crippen molar-refractivity contribution >= 4 is 23.6 Å². The van der Waals surface area contributed by atoms with Gasteiger partial charge in [-0.2, -0.15) is 0 Å². The quantitative estimate of drug-likeness (QED) is 0.550. The summed E-state index contributed by atoms with van der Waals surface area (Å²) in [5, 5.41) is 2.89. The second kappa shape index (κ2) is 10.5. The molecular formula is C18H25F2N3O2S. The summed E-state index contributed by atoms with van der Waals surface area (Å²) in [6.07, 6.45) is 2.02. The molecule has 1 aliphatic heterocycles. The summed E-state index contributed by atoms with van der Waals surface area (Å²) in [5.74, 6) is -1.24. The number of carbonyl (C=O) groups excluding carboxylic acids is 2. The number of benzene rings is 1. The SMILES string of the molecule is CCCCNC(=O)CN1CCN(C(=O)CSc2ccc(F)cc2F)CC1. The Bertz CT molecular complexity index is 622. The fourth-order valence-electron chi connectivity index (χ4n) is 2.64. The molecule has 0 atom stereocenters. The van der Waals surface area contributed by atoms with Crippen LogP contribution in [-0.4, -0.2) is 66.6 Å². The number of halogens is 2. The monoisotopic (exact) mass is 385 g/mol. The zero-order chi connectivity index (χ0) is 18.9. The van der Waals surface area contributed by atoms with E-state index < -0.39 is 11.6 Å². The van der Waals surface area contributed by atoms with Gasteiger partial charge in [-0.25, -0.2) is 8.78 Å². The van der Waals surface area contributed by atoms with E-state index in [1.54, 1.807) is 4.90 Å². The van der Waals surface area contributed by atoms with Crippen molar-refractivity contribution in [2.45, 2.75) is 24.7 Å². The van der Waals surface area contributed by atoms with Crippen molar-refractivity contribution in [2.24, 2.45) is 0 Å². The van der Waals surface area contributed by atoms with Gasteiger partial charge in [-0.05, 0) is 18.6 Å². The minimum Gasteiger partial charge on any atom is -0.355 e. The molecule has 1 N–H and O–H groups in total. The van der Waals surface area contributed by atoms with E-state index in [4.69, 9.17) is 0 Å². The average Bonchev–Trinajstić information content (AvgIpc) is 2.61. The summed E-state index contributed by atoms with van der Waals surface area (Å²) in [6.45, 7) is 5.50. The third kappa shape index (κ3) is 6.57. The van der Waals surface area contributed by atoms with E-state index in [-0.39, 0.29) is 22.5 Å². The van der Waals surface area contributed by atoms with Crippen molar-refractivity contribution in [2.75, 3.05) is 45.0 Å². The summed E-state index contributed by atoms with van der Waals surface area (Å²) >= 11 is 1.07. The number of amides is 2. The first-order valence-electron chi connectivity index (χ1n) is 8.84. The van der Waals surface area contributed by atoms with Gasteiger partial charge in [-0.1, -0.05) is 13.3 Å². The number of nitrogens with one attached hydrogen (secondary N) is 1. The number of hydrogen-bond acceptors (Lipinski definition) is 4. The van der Waals surface area contributed by atoms with Gasteiger partial charge in [-0.15, -0.1) is 11.8 Å². The van der Waals surface area contributed by atoms with Crippen LogP contribution in [0, 0.1) is 11.6 Å². The molecular weight excluding hydrogens is 360 g/mol. The predicted octanol–water partition coefficient (Wildman–Crippen LogP) is 2.12. The van der Waals surface area contributed by atoms with Crippen molar-refractivity contribution in [1.82, 2.24) is 15.1 Å². The molecule has 1 fully saturated rings. The zero-order valence-electron chi connectivity index (χ0n) is 15.0. The number of thioether (sulfide) groups is 1. The van der Waals surface area contributed by atoms with E-state index in [2.05, 4.69) is 12.2 Å². The second-order valence-corrected chi connectivity index (χ2v) is 7.24. The lowest BCUT2D eigenvalue weighted by molar-refractivity contribution is -0.130. The highest BCUT2D eigenvalue weighted by Gasteiger charge is 2.22. The number of carbonyl (C=O) groups is 2. The van der Waals surface area contributed by atoms with E-state index in [1.165, 1.54) is 12.1 Å². The van der Waals surface area contributed by atoms with E-state index >= 15 is 0 Å². The number of unbranched alkanes of at least 4 members (excludes halogenated alkanes) is 1. The minimum atomic E-state index is -0.651. The molecule has 0 bridgehead atoms. The van der Waals surface area contributed by atoms with Crippen LogP contribution in [0.3, 0.4) is 0 Å². The van der Waals surface area contributed by atoms with Crippen LogP contribution in [0.2, 0.25) is 0 Å². The van der Waals surface area contributed by atoms with Crippen LogP contribution in [-0.2, 0) is 9.59 Å². The van der Waals surface area contributed by atoms with E-state index in [1.807, 2.05) is 4.90 Å².